The highest BCUT2D eigenvalue weighted by Gasteiger charge is 2.30. The Kier molecular flexibility index (Phi) is 6.16. The minimum absolute atomic E-state index is 0.00178. The highest BCUT2D eigenvalue weighted by molar-refractivity contribution is 7.21. The largest absolute Gasteiger partial charge is 0.491 e. The predicted molar refractivity (Wildman–Crippen MR) is 108 cm³/mol. The number of alkyl halides is 3. The van der Waals surface area contributed by atoms with Crippen LogP contribution in [0.4, 0.5) is 29.3 Å². The second-order valence-corrected chi connectivity index (χ2v) is 7.11. The van der Waals surface area contributed by atoms with E-state index in [4.69, 9.17) is 9.47 Å². The molecule has 0 bridgehead atoms. The van der Waals surface area contributed by atoms with Gasteiger partial charge in [0.1, 0.15) is 0 Å². The molecule has 2 N–H and O–H groups in total. The Morgan fingerprint density at radius 2 is 1.77 bits per heavy atom. The zero-order valence-electron chi connectivity index (χ0n) is 15.9. The summed E-state index contributed by atoms with van der Waals surface area (Å²) < 4.78 is 49.6. The second kappa shape index (κ2) is 8.62. The van der Waals surface area contributed by atoms with E-state index in [9.17, 15) is 22.8 Å². The Morgan fingerprint density at radius 1 is 1.07 bits per heavy atom. The average Bonchev–Trinajstić information content (AvgIpc) is 3.05. The number of carbonyl (C=O) groups excluding carboxylic acids is 2. The van der Waals surface area contributed by atoms with E-state index in [0.717, 1.165) is 16.8 Å². The van der Waals surface area contributed by atoms with Gasteiger partial charge in [-0.3, -0.25) is 0 Å². The summed E-state index contributed by atoms with van der Waals surface area (Å²) in [7, 11) is 1.27. The normalized spacial score (nSPS) is 11.2. The number of hydrogen-bond acceptors (Lipinski definition) is 5. The van der Waals surface area contributed by atoms with Crippen molar-refractivity contribution in [2.24, 2.45) is 0 Å². The van der Waals surface area contributed by atoms with Gasteiger partial charge < -0.3 is 20.1 Å². The van der Waals surface area contributed by atoms with Gasteiger partial charge in [0.05, 0.1) is 19.3 Å². The molecular weight excluding hydrogens is 421 g/mol. The molecule has 0 aliphatic carbocycles. The summed E-state index contributed by atoms with van der Waals surface area (Å²) in [5.74, 6) is -0.178. The number of hydrogen-bond donors (Lipinski definition) is 2. The highest BCUT2D eigenvalue weighted by atomic mass is 32.1. The number of ether oxygens (including phenoxy) is 2. The summed E-state index contributed by atoms with van der Waals surface area (Å²) >= 11 is 1.20. The lowest BCUT2D eigenvalue weighted by atomic mass is 10.2. The first-order chi connectivity index (χ1) is 14.2. The van der Waals surface area contributed by atoms with Gasteiger partial charge in [-0.2, -0.15) is 13.2 Å². The Labute approximate surface area is 173 Å². The van der Waals surface area contributed by atoms with Crippen LogP contribution < -0.4 is 15.4 Å². The molecule has 3 rings (SSSR count). The van der Waals surface area contributed by atoms with Crippen molar-refractivity contribution in [1.82, 2.24) is 0 Å². The van der Waals surface area contributed by atoms with E-state index in [0.29, 0.717) is 28.3 Å². The van der Waals surface area contributed by atoms with E-state index >= 15 is 0 Å². The first-order valence-corrected chi connectivity index (χ1v) is 9.57. The number of rotatable bonds is 5. The number of methoxy groups -OCH3 is 1. The van der Waals surface area contributed by atoms with Gasteiger partial charge in [0.15, 0.2) is 10.6 Å². The molecule has 10 heteroatoms. The molecule has 6 nitrogen and oxygen atoms in total. The molecule has 0 fully saturated rings. The first kappa shape index (κ1) is 21.4. The minimum atomic E-state index is -4.51. The molecule has 0 unspecified atom stereocenters. The van der Waals surface area contributed by atoms with Gasteiger partial charge >= 0.3 is 18.2 Å². The molecular formula is C20H17F3N2O4S. The number of fused-ring (bicyclic) bond motifs is 1. The lowest BCUT2D eigenvalue weighted by molar-refractivity contribution is -0.137. The summed E-state index contributed by atoms with van der Waals surface area (Å²) in [6.45, 7) is 2.10. The average molecular weight is 438 g/mol. The Hall–Kier alpha value is -3.27. The number of urea groups is 1. The molecule has 0 saturated heterocycles. The minimum Gasteiger partial charge on any atom is -0.491 e. The van der Waals surface area contributed by atoms with Gasteiger partial charge in [-0.25, -0.2) is 9.59 Å². The van der Waals surface area contributed by atoms with Crippen LogP contribution in [0.25, 0.3) is 10.1 Å². The van der Waals surface area contributed by atoms with E-state index < -0.39 is 23.7 Å². The van der Waals surface area contributed by atoms with Gasteiger partial charge in [0.2, 0.25) is 0 Å². The molecule has 30 heavy (non-hydrogen) atoms. The molecule has 0 atom stereocenters. The van der Waals surface area contributed by atoms with Gasteiger partial charge in [0, 0.05) is 21.5 Å². The van der Waals surface area contributed by atoms with Crippen molar-refractivity contribution in [1.29, 1.82) is 0 Å². The smallest absolute Gasteiger partial charge is 0.416 e. The molecule has 1 heterocycles. The zero-order chi connectivity index (χ0) is 21.9. The number of nitrogens with one attached hydrogen (secondary N) is 2. The Balaban J connectivity index is 1.83. The molecule has 0 aliphatic heterocycles. The van der Waals surface area contributed by atoms with E-state index in [2.05, 4.69) is 10.6 Å². The van der Waals surface area contributed by atoms with Crippen LogP contribution in [0.2, 0.25) is 0 Å². The standard InChI is InChI=1S/C20H17F3N2O4S/c1-3-29-16-14-10-13(7-8-15(14)30-17(16)18(26)28-2)25-19(27)24-12-6-4-5-11(9-12)20(21,22)23/h4-10H,3H2,1-2H3,(H2,24,25,27). The van der Waals surface area contributed by atoms with Crippen molar-refractivity contribution in [3.63, 3.8) is 0 Å². The van der Waals surface area contributed by atoms with Gasteiger partial charge in [-0.1, -0.05) is 6.07 Å². The predicted octanol–water partition coefficient (Wildman–Crippen LogP) is 5.75. The summed E-state index contributed by atoms with van der Waals surface area (Å²) in [6.07, 6.45) is -4.51. The third-order valence-electron chi connectivity index (χ3n) is 4.01. The summed E-state index contributed by atoms with van der Waals surface area (Å²) in [4.78, 5) is 24.5. The molecule has 1 aromatic heterocycles. The topological polar surface area (TPSA) is 76.7 Å². The fourth-order valence-corrected chi connectivity index (χ4v) is 3.78. The summed E-state index contributed by atoms with van der Waals surface area (Å²) in [6, 6.07) is 8.55. The van der Waals surface area contributed by atoms with Crippen molar-refractivity contribution in [2.45, 2.75) is 13.1 Å². The maximum absolute atomic E-state index is 12.8. The van der Waals surface area contributed by atoms with E-state index in [1.807, 2.05) is 0 Å². The molecule has 2 aromatic carbocycles. The summed E-state index contributed by atoms with van der Waals surface area (Å²) in [5.41, 5.74) is -0.485. The van der Waals surface area contributed by atoms with Crippen LogP contribution in [-0.2, 0) is 10.9 Å². The molecule has 0 aliphatic rings. The molecule has 0 spiro atoms. The highest BCUT2D eigenvalue weighted by Crippen LogP contribution is 2.39. The fraction of sp³-hybridized carbons (Fsp3) is 0.200. The third-order valence-corrected chi connectivity index (χ3v) is 5.14. The van der Waals surface area contributed by atoms with Crippen LogP contribution >= 0.6 is 11.3 Å². The number of carbonyl (C=O) groups is 2. The van der Waals surface area contributed by atoms with Crippen molar-refractivity contribution < 1.29 is 32.2 Å². The van der Waals surface area contributed by atoms with E-state index in [1.54, 1.807) is 25.1 Å². The number of anilines is 2. The maximum atomic E-state index is 12.8. The third kappa shape index (κ3) is 4.65. The monoisotopic (exact) mass is 438 g/mol. The molecule has 158 valence electrons. The zero-order valence-corrected chi connectivity index (χ0v) is 16.7. The van der Waals surface area contributed by atoms with Crippen LogP contribution in [0.15, 0.2) is 42.5 Å². The first-order valence-electron chi connectivity index (χ1n) is 8.76. The van der Waals surface area contributed by atoms with Crippen molar-refractivity contribution >= 4 is 44.8 Å². The van der Waals surface area contributed by atoms with E-state index in [1.165, 1.54) is 30.6 Å². The van der Waals surface area contributed by atoms with Crippen molar-refractivity contribution in [2.75, 3.05) is 24.4 Å². The number of halogens is 3. The van der Waals surface area contributed by atoms with Crippen LogP contribution in [-0.4, -0.2) is 25.7 Å². The van der Waals surface area contributed by atoms with Crippen LogP contribution in [0.3, 0.4) is 0 Å². The summed E-state index contributed by atoms with van der Waals surface area (Å²) in [5, 5.41) is 5.54. The van der Waals surface area contributed by atoms with Gasteiger partial charge in [-0.15, -0.1) is 11.3 Å². The molecule has 0 saturated carbocycles. The number of thiophene rings is 1. The molecule has 3 aromatic rings. The van der Waals surface area contributed by atoms with Crippen LogP contribution in [0.1, 0.15) is 22.2 Å². The molecule has 0 radical (unpaired) electrons. The quantitative estimate of drug-likeness (QED) is 0.498. The Morgan fingerprint density at radius 3 is 2.40 bits per heavy atom. The van der Waals surface area contributed by atoms with Gasteiger partial charge in [-0.05, 0) is 43.3 Å². The Bertz CT molecular complexity index is 1100. The van der Waals surface area contributed by atoms with Gasteiger partial charge in [0.25, 0.3) is 0 Å². The molecule has 2 amide bonds. The van der Waals surface area contributed by atoms with Crippen LogP contribution in [0.5, 0.6) is 5.75 Å². The van der Waals surface area contributed by atoms with Crippen LogP contribution in [0, 0.1) is 0 Å². The lowest BCUT2D eigenvalue weighted by Gasteiger charge is -2.11. The van der Waals surface area contributed by atoms with Crippen molar-refractivity contribution in [3.8, 4) is 5.75 Å². The lowest BCUT2D eigenvalue weighted by Crippen LogP contribution is -2.19. The number of benzene rings is 2. The number of amides is 2. The second-order valence-electron chi connectivity index (χ2n) is 6.05. The van der Waals surface area contributed by atoms with E-state index in [-0.39, 0.29) is 5.69 Å². The van der Waals surface area contributed by atoms with Crippen molar-refractivity contribution in [3.05, 3.63) is 52.9 Å². The number of esters is 1. The maximum Gasteiger partial charge on any atom is 0.416 e. The fourth-order valence-electron chi connectivity index (χ4n) is 2.73. The SMILES string of the molecule is CCOc1c(C(=O)OC)sc2ccc(NC(=O)Nc3cccc(C(F)(F)F)c3)cc12.